The first-order valence-electron chi connectivity index (χ1n) is 6.81. The summed E-state index contributed by atoms with van der Waals surface area (Å²) in [5, 5.41) is 3.54. The lowest BCUT2D eigenvalue weighted by molar-refractivity contribution is 0.183. The van der Waals surface area contributed by atoms with Gasteiger partial charge < -0.3 is 15.1 Å². The highest BCUT2D eigenvalue weighted by molar-refractivity contribution is 4.81. The van der Waals surface area contributed by atoms with Crippen LogP contribution in [0.1, 0.15) is 26.7 Å². The van der Waals surface area contributed by atoms with Crippen molar-refractivity contribution in [2.75, 3.05) is 52.4 Å². The molecule has 2 saturated heterocycles. The second kappa shape index (κ2) is 5.48. The second-order valence-electron chi connectivity index (χ2n) is 6.17. The van der Waals surface area contributed by atoms with Crippen molar-refractivity contribution in [2.45, 2.75) is 26.7 Å². The second-order valence-corrected chi connectivity index (χ2v) is 6.17. The van der Waals surface area contributed by atoms with E-state index in [0.29, 0.717) is 5.41 Å². The van der Waals surface area contributed by atoms with E-state index in [1.54, 1.807) is 0 Å². The molecular weight excluding hydrogens is 198 g/mol. The van der Waals surface area contributed by atoms with Gasteiger partial charge in [0.1, 0.15) is 0 Å². The molecule has 2 aliphatic heterocycles. The Morgan fingerprint density at radius 1 is 1.00 bits per heavy atom. The molecule has 3 heteroatoms. The molecule has 0 aromatic heterocycles. The van der Waals surface area contributed by atoms with Crippen molar-refractivity contribution in [2.24, 2.45) is 5.41 Å². The molecule has 0 bridgehead atoms. The van der Waals surface area contributed by atoms with Crippen LogP contribution in [-0.2, 0) is 0 Å². The molecular formula is C13H27N3. The van der Waals surface area contributed by atoms with Crippen LogP contribution in [0.2, 0.25) is 0 Å². The van der Waals surface area contributed by atoms with Crippen molar-refractivity contribution in [3.05, 3.63) is 0 Å². The molecule has 2 heterocycles. The topological polar surface area (TPSA) is 18.5 Å². The third kappa shape index (κ3) is 3.72. The normalized spacial score (nSPS) is 28.1. The number of hydrogen-bond donors (Lipinski definition) is 1. The Labute approximate surface area is 100 Å². The molecule has 2 aliphatic rings. The monoisotopic (exact) mass is 225 g/mol. The van der Waals surface area contributed by atoms with Crippen LogP contribution in [-0.4, -0.2) is 62.2 Å². The van der Waals surface area contributed by atoms with Crippen molar-refractivity contribution in [3.63, 3.8) is 0 Å². The summed E-state index contributed by atoms with van der Waals surface area (Å²) in [6.07, 6.45) is 2.82. The van der Waals surface area contributed by atoms with Crippen LogP contribution < -0.4 is 5.32 Å². The Bertz CT molecular complexity index is 209. The number of nitrogens with zero attached hydrogens (tertiary/aromatic N) is 2. The summed E-state index contributed by atoms with van der Waals surface area (Å²) in [4.78, 5) is 5.25. The van der Waals surface area contributed by atoms with Gasteiger partial charge in [-0.1, -0.05) is 13.8 Å². The van der Waals surface area contributed by atoms with Crippen LogP contribution in [0.3, 0.4) is 0 Å². The number of likely N-dealkylation sites (tertiary alicyclic amines) is 1. The third-order valence-corrected chi connectivity index (χ3v) is 3.79. The summed E-state index contributed by atoms with van der Waals surface area (Å²) in [7, 11) is 0. The van der Waals surface area contributed by atoms with Crippen molar-refractivity contribution in [1.82, 2.24) is 15.1 Å². The molecule has 0 spiro atoms. The number of nitrogens with one attached hydrogen (secondary N) is 1. The Balaban J connectivity index is 1.74. The van der Waals surface area contributed by atoms with E-state index in [4.69, 9.17) is 0 Å². The van der Waals surface area contributed by atoms with Gasteiger partial charge in [-0.25, -0.2) is 0 Å². The average molecular weight is 225 g/mol. The standard InChI is InChI=1S/C13H27N3/c1-13(2)11-14-5-8-16(12-13)10-9-15-6-3-4-7-15/h14H,3-12H2,1-2H3. The van der Waals surface area contributed by atoms with E-state index in [0.717, 1.165) is 13.1 Å². The van der Waals surface area contributed by atoms with Crippen LogP contribution in [0.25, 0.3) is 0 Å². The van der Waals surface area contributed by atoms with Crippen LogP contribution in [0.4, 0.5) is 0 Å². The summed E-state index contributed by atoms with van der Waals surface area (Å²) in [5.41, 5.74) is 0.432. The summed E-state index contributed by atoms with van der Waals surface area (Å²) in [6, 6.07) is 0. The molecule has 0 radical (unpaired) electrons. The molecule has 3 nitrogen and oxygen atoms in total. The fourth-order valence-electron chi connectivity index (χ4n) is 2.88. The SMILES string of the molecule is CC1(C)CNCCN(CCN2CCCC2)C1. The van der Waals surface area contributed by atoms with Gasteiger partial charge in [-0.3, -0.25) is 0 Å². The predicted molar refractivity (Wildman–Crippen MR) is 68.8 cm³/mol. The van der Waals surface area contributed by atoms with Crippen molar-refractivity contribution >= 4 is 0 Å². The summed E-state index contributed by atoms with van der Waals surface area (Å²) in [5.74, 6) is 0. The molecule has 0 aromatic carbocycles. The third-order valence-electron chi connectivity index (χ3n) is 3.79. The van der Waals surface area contributed by atoms with E-state index in [2.05, 4.69) is 29.0 Å². The first kappa shape index (κ1) is 12.3. The lowest BCUT2D eigenvalue weighted by Crippen LogP contribution is -2.39. The van der Waals surface area contributed by atoms with Crippen LogP contribution >= 0.6 is 0 Å². The van der Waals surface area contributed by atoms with E-state index < -0.39 is 0 Å². The zero-order chi connectivity index (χ0) is 11.4. The van der Waals surface area contributed by atoms with Crippen LogP contribution in [0.5, 0.6) is 0 Å². The maximum absolute atomic E-state index is 3.54. The van der Waals surface area contributed by atoms with Gasteiger partial charge in [0.05, 0.1) is 0 Å². The molecule has 16 heavy (non-hydrogen) atoms. The molecule has 2 fully saturated rings. The lowest BCUT2D eigenvalue weighted by Gasteiger charge is -2.30. The first-order valence-corrected chi connectivity index (χ1v) is 6.81. The zero-order valence-corrected chi connectivity index (χ0v) is 11.0. The Morgan fingerprint density at radius 3 is 2.44 bits per heavy atom. The molecule has 94 valence electrons. The maximum Gasteiger partial charge on any atom is 0.0110 e. The highest BCUT2D eigenvalue weighted by Crippen LogP contribution is 2.17. The van der Waals surface area contributed by atoms with E-state index in [1.165, 1.54) is 52.1 Å². The first-order chi connectivity index (χ1) is 7.66. The van der Waals surface area contributed by atoms with Gasteiger partial charge in [-0.2, -0.15) is 0 Å². The van der Waals surface area contributed by atoms with E-state index in [9.17, 15) is 0 Å². The number of rotatable bonds is 3. The van der Waals surface area contributed by atoms with E-state index in [1.807, 2.05) is 0 Å². The lowest BCUT2D eigenvalue weighted by atomic mass is 9.93. The predicted octanol–water partition coefficient (Wildman–Crippen LogP) is 1.01. The molecule has 0 atom stereocenters. The molecule has 0 aliphatic carbocycles. The Hall–Kier alpha value is -0.120. The quantitative estimate of drug-likeness (QED) is 0.773. The van der Waals surface area contributed by atoms with Crippen molar-refractivity contribution in [1.29, 1.82) is 0 Å². The minimum absolute atomic E-state index is 0.432. The molecule has 0 amide bonds. The summed E-state index contributed by atoms with van der Waals surface area (Å²) >= 11 is 0. The molecule has 0 aromatic rings. The van der Waals surface area contributed by atoms with Gasteiger partial charge in [-0.05, 0) is 31.3 Å². The Morgan fingerprint density at radius 2 is 1.69 bits per heavy atom. The van der Waals surface area contributed by atoms with Gasteiger partial charge in [0.15, 0.2) is 0 Å². The highest BCUT2D eigenvalue weighted by Gasteiger charge is 2.24. The minimum atomic E-state index is 0.432. The molecule has 0 unspecified atom stereocenters. The largest absolute Gasteiger partial charge is 0.315 e. The maximum atomic E-state index is 3.54. The molecule has 2 rings (SSSR count). The molecule has 1 N–H and O–H groups in total. The fourth-order valence-corrected chi connectivity index (χ4v) is 2.88. The zero-order valence-electron chi connectivity index (χ0n) is 11.0. The van der Waals surface area contributed by atoms with E-state index >= 15 is 0 Å². The number of hydrogen-bond acceptors (Lipinski definition) is 3. The van der Waals surface area contributed by atoms with Gasteiger partial charge in [0.2, 0.25) is 0 Å². The molecule has 0 saturated carbocycles. The van der Waals surface area contributed by atoms with Crippen LogP contribution in [0, 0.1) is 5.41 Å². The van der Waals surface area contributed by atoms with Crippen molar-refractivity contribution < 1.29 is 0 Å². The fraction of sp³-hybridized carbons (Fsp3) is 1.00. The summed E-state index contributed by atoms with van der Waals surface area (Å²) < 4.78 is 0. The van der Waals surface area contributed by atoms with Gasteiger partial charge in [0, 0.05) is 39.3 Å². The van der Waals surface area contributed by atoms with Gasteiger partial charge in [-0.15, -0.1) is 0 Å². The Kier molecular flexibility index (Phi) is 4.22. The van der Waals surface area contributed by atoms with Crippen LogP contribution in [0.15, 0.2) is 0 Å². The minimum Gasteiger partial charge on any atom is -0.315 e. The van der Waals surface area contributed by atoms with Gasteiger partial charge in [0.25, 0.3) is 0 Å². The highest BCUT2D eigenvalue weighted by atomic mass is 15.2. The van der Waals surface area contributed by atoms with E-state index in [-0.39, 0.29) is 0 Å². The average Bonchev–Trinajstić information content (AvgIpc) is 2.67. The summed E-state index contributed by atoms with van der Waals surface area (Å²) in [6.45, 7) is 14.7. The smallest absolute Gasteiger partial charge is 0.0110 e. The van der Waals surface area contributed by atoms with Gasteiger partial charge >= 0.3 is 0 Å². The van der Waals surface area contributed by atoms with Crippen molar-refractivity contribution in [3.8, 4) is 0 Å².